The Morgan fingerprint density at radius 1 is 1.05 bits per heavy atom. The smallest absolute Gasteiger partial charge is 0.419 e. The highest BCUT2D eigenvalue weighted by Gasteiger charge is 2.33. The highest BCUT2D eigenvalue weighted by Crippen LogP contribution is 2.41. The maximum atomic E-state index is 15.3. The normalized spacial score (nSPS) is 13.7. The minimum atomic E-state index is -4.56. The molecule has 39 heavy (non-hydrogen) atoms. The second kappa shape index (κ2) is 9.07. The minimum absolute atomic E-state index is 0.0422. The molecule has 0 amide bonds. The lowest BCUT2D eigenvalue weighted by molar-refractivity contribution is -0.138. The molecule has 1 aliphatic heterocycles. The zero-order valence-electron chi connectivity index (χ0n) is 20.8. The van der Waals surface area contributed by atoms with Crippen LogP contribution in [-0.2, 0) is 19.1 Å². The summed E-state index contributed by atoms with van der Waals surface area (Å²) in [5.74, 6) is -0.964. The van der Waals surface area contributed by atoms with E-state index in [-0.39, 0.29) is 23.9 Å². The van der Waals surface area contributed by atoms with Crippen LogP contribution in [0.4, 0.5) is 27.9 Å². The molecule has 1 aliphatic rings. The summed E-state index contributed by atoms with van der Waals surface area (Å²) in [6.45, 7) is 2.30. The topological polar surface area (TPSA) is 71.9 Å². The van der Waals surface area contributed by atoms with Gasteiger partial charge in [0.1, 0.15) is 11.5 Å². The van der Waals surface area contributed by atoms with Gasteiger partial charge in [0.05, 0.1) is 29.6 Å². The molecule has 0 saturated carbocycles. The number of ether oxygens (including phenoxy) is 1. The fourth-order valence-corrected chi connectivity index (χ4v) is 5.07. The van der Waals surface area contributed by atoms with Crippen LogP contribution in [0, 0.1) is 18.6 Å². The molecule has 12 heteroatoms. The molecular weight excluding hydrogens is 519 g/mol. The second-order valence-electron chi connectivity index (χ2n) is 9.24. The number of nitrogens with one attached hydrogen (secondary N) is 1. The van der Waals surface area contributed by atoms with Crippen LogP contribution in [0.15, 0.2) is 48.9 Å². The number of anilines is 1. The number of hydrogen-bond acceptors (Lipinski definition) is 5. The third-order valence-corrected chi connectivity index (χ3v) is 6.89. The summed E-state index contributed by atoms with van der Waals surface area (Å²) in [7, 11) is 1.37. The van der Waals surface area contributed by atoms with Crippen LogP contribution < -0.4 is 9.64 Å². The van der Waals surface area contributed by atoms with Gasteiger partial charge >= 0.3 is 6.18 Å². The van der Waals surface area contributed by atoms with Crippen LogP contribution in [0.2, 0.25) is 0 Å². The van der Waals surface area contributed by atoms with Crippen molar-refractivity contribution in [1.29, 1.82) is 0 Å². The number of aromatic nitrogens is 5. The summed E-state index contributed by atoms with van der Waals surface area (Å²) < 4.78 is 76.4. The number of rotatable bonds is 4. The molecule has 1 N–H and O–H groups in total. The Balaban J connectivity index is 1.55. The van der Waals surface area contributed by atoms with Gasteiger partial charge in [-0.15, -0.1) is 0 Å². The molecule has 7 nitrogen and oxygen atoms in total. The van der Waals surface area contributed by atoms with E-state index < -0.39 is 23.4 Å². The average Bonchev–Trinajstić information content (AvgIpc) is 3.53. The first-order valence-electron chi connectivity index (χ1n) is 12.0. The lowest BCUT2D eigenvalue weighted by Gasteiger charge is -2.27. The number of H-pyrrole nitrogens is 1. The lowest BCUT2D eigenvalue weighted by atomic mass is 9.97. The third kappa shape index (κ3) is 4.06. The molecule has 5 aromatic rings. The highest BCUT2D eigenvalue weighted by molar-refractivity contribution is 5.99. The molecule has 2 aromatic carbocycles. The molecule has 0 bridgehead atoms. The van der Waals surface area contributed by atoms with E-state index in [1.54, 1.807) is 36.2 Å². The van der Waals surface area contributed by atoms with Crippen molar-refractivity contribution in [2.75, 3.05) is 18.6 Å². The minimum Gasteiger partial charge on any atom is -0.492 e. The number of halogens is 5. The first-order chi connectivity index (χ1) is 18.7. The number of hydrogen-bond donors (Lipinski definition) is 1. The molecule has 3 aromatic heterocycles. The van der Waals surface area contributed by atoms with Gasteiger partial charge in [-0.2, -0.15) is 18.3 Å². The summed E-state index contributed by atoms with van der Waals surface area (Å²) in [4.78, 5) is 12.6. The lowest BCUT2D eigenvalue weighted by Crippen LogP contribution is -2.31. The molecule has 0 atom stereocenters. The van der Waals surface area contributed by atoms with Crippen molar-refractivity contribution < 1.29 is 26.7 Å². The Hall–Kier alpha value is -4.48. The van der Waals surface area contributed by atoms with E-state index in [9.17, 15) is 13.2 Å². The van der Waals surface area contributed by atoms with Gasteiger partial charge in [-0.05, 0) is 30.7 Å². The summed E-state index contributed by atoms with van der Waals surface area (Å²) in [6.07, 6.45) is -1.03. The van der Waals surface area contributed by atoms with Gasteiger partial charge < -0.3 is 14.6 Å². The number of alkyl halides is 3. The molecule has 200 valence electrons. The van der Waals surface area contributed by atoms with Crippen LogP contribution in [0.5, 0.6) is 5.75 Å². The molecule has 0 unspecified atom stereocenters. The Morgan fingerprint density at radius 3 is 2.51 bits per heavy atom. The van der Waals surface area contributed by atoms with Gasteiger partial charge in [-0.25, -0.2) is 23.4 Å². The van der Waals surface area contributed by atoms with Gasteiger partial charge in [-0.3, -0.25) is 0 Å². The van der Waals surface area contributed by atoms with Crippen LogP contribution >= 0.6 is 0 Å². The first-order valence-corrected chi connectivity index (χ1v) is 12.0. The Labute approximate surface area is 218 Å². The molecule has 6 rings (SSSR count). The predicted octanol–water partition coefficient (Wildman–Crippen LogP) is 5.99. The van der Waals surface area contributed by atoms with Crippen molar-refractivity contribution in [3.63, 3.8) is 0 Å². The molecule has 0 fully saturated rings. The number of fused-ring (bicyclic) bond motifs is 2. The standard InChI is InChI=1S/C27H21F5N6O/c1-14-4-3-5-19(28)23(14)38-24(17-10-20(29)25(39-2)22-16(17)6-8-33-22)18-13-37(9-7-21(18)36-38)26-34-11-15(12-35-26)27(30,31)32/h3-6,8,10-12,33H,7,9,13H2,1-2H3. The van der Waals surface area contributed by atoms with Gasteiger partial charge in [0.15, 0.2) is 11.6 Å². The largest absolute Gasteiger partial charge is 0.492 e. The van der Waals surface area contributed by atoms with E-state index in [1.165, 1.54) is 23.9 Å². The van der Waals surface area contributed by atoms with E-state index in [2.05, 4.69) is 15.0 Å². The maximum absolute atomic E-state index is 15.3. The molecule has 0 saturated heterocycles. The van der Waals surface area contributed by atoms with E-state index in [0.29, 0.717) is 51.9 Å². The predicted molar refractivity (Wildman–Crippen MR) is 134 cm³/mol. The number of para-hydroxylation sites is 1. The molecular formula is C27H21F5N6O. The highest BCUT2D eigenvalue weighted by atomic mass is 19.4. The fraction of sp³-hybridized carbons (Fsp3) is 0.222. The number of aryl methyl sites for hydroxylation is 1. The van der Waals surface area contributed by atoms with Crippen LogP contribution in [0.25, 0.3) is 27.8 Å². The van der Waals surface area contributed by atoms with Crippen LogP contribution in [-0.4, -0.2) is 38.4 Å². The Kier molecular flexibility index (Phi) is 5.77. The number of aromatic amines is 1. The zero-order valence-corrected chi connectivity index (χ0v) is 20.8. The Morgan fingerprint density at radius 2 is 1.82 bits per heavy atom. The van der Waals surface area contributed by atoms with Crippen LogP contribution in [0.3, 0.4) is 0 Å². The number of nitrogens with zero attached hydrogens (tertiary/aromatic N) is 5. The van der Waals surface area contributed by atoms with Crippen LogP contribution in [0.1, 0.15) is 22.4 Å². The van der Waals surface area contributed by atoms with Crippen molar-refractivity contribution in [3.05, 3.63) is 82.9 Å². The van der Waals surface area contributed by atoms with Crippen molar-refractivity contribution >= 4 is 16.9 Å². The summed E-state index contributed by atoms with van der Waals surface area (Å²) in [5, 5.41) is 5.39. The molecule has 4 heterocycles. The maximum Gasteiger partial charge on any atom is 0.419 e. The average molecular weight is 540 g/mol. The van der Waals surface area contributed by atoms with Crippen molar-refractivity contribution in [1.82, 2.24) is 24.7 Å². The molecule has 0 aliphatic carbocycles. The zero-order chi connectivity index (χ0) is 27.5. The quantitative estimate of drug-likeness (QED) is 0.284. The Bertz CT molecular complexity index is 1690. The van der Waals surface area contributed by atoms with Gasteiger partial charge in [0.25, 0.3) is 0 Å². The van der Waals surface area contributed by atoms with E-state index in [4.69, 9.17) is 9.84 Å². The van der Waals surface area contributed by atoms with E-state index >= 15 is 8.78 Å². The van der Waals surface area contributed by atoms with Crippen molar-refractivity contribution in [2.45, 2.75) is 26.1 Å². The van der Waals surface area contributed by atoms with Crippen molar-refractivity contribution in [3.8, 4) is 22.7 Å². The van der Waals surface area contributed by atoms with E-state index in [1.807, 2.05) is 0 Å². The SMILES string of the molecule is COc1c(F)cc(-c2c3c(nn2-c2c(C)cccc2F)CCN(c2ncc(C(F)(F)F)cn2)C3)c2cc[nH]c12. The van der Waals surface area contributed by atoms with E-state index in [0.717, 1.165) is 12.4 Å². The van der Waals surface area contributed by atoms with Crippen molar-refractivity contribution in [2.24, 2.45) is 0 Å². The van der Waals surface area contributed by atoms with Gasteiger partial charge in [-0.1, -0.05) is 12.1 Å². The monoisotopic (exact) mass is 540 g/mol. The summed E-state index contributed by atoms with van der Waals surface area (Å²) in [6, 6.07) is 7.77. The van der Waals surface area contributed by atoms with Gasteiger partial charge in [0, 0.05) is 54.6 Å². The number of methoxy groups -OCH3 is 1. The first kappa shape index (κ1) is 24.8. The number of benzene rings is 2. The molecule has 0 radical (unpaired) electrons. The van der Waals surface area contributed by atoms with Gasteiger partial charge in [0.2, 0.25) is 5.95 Å². The third-order valence-electron chi connectivity index (χ3n) is 6.89. The summed E-state index contributed by atoms with van der Waals surface area (Å²) in [5.41, 5.74) is 2.57. The summed E-state index contributed by atoms with van der Waals surface area (Å²) >= 11 is 0. The molecule has 0 spiro atoms. The second-order valence-corrected chi connectivity index (χ2v) is 9.24. The fourth-order valence-electron chi connectivity index (χ4n) is 5.07.